The molecule has 0 unspecified atom stereocenters. The van der Waals surface area contributed by atoms with E-state index >= 15 is 0 Å². The van der Waals surface area contributed by atoms with Crippen LogP contribution >= 0.6 is 11.5 Å². The maximum Gasteiger partial charge on any atom is 0.261 e. The summed E-state index contributed by atoms with van der Waals surface area (Å²) in [5, 5.41) is 12.2. The summed E-state index contributed by atoms with van der Waals surface area (Å²) >= 11 is 1.03. The number of phenols is 1. The lowest BCUT2D eigenvalue weighted by Gasteiger charge is -2.03. The van der Waals surface area contributed by atoms with Gasteiger partial charge in [0.1, 0.15) is 17.4 Å². The minimum absolute atomic E-state index is 0.0146. The highest BCUT2D eigenvalue weighted by Gasteiger charge is 2.13. The number of carbonyl (C=O) groups is 1. The van der Waals surface area contributed by atoms with Crippen molar-refractivity contribution in [3.8, 4) is 5.75 Å². The monoisotopic (exact) mass is 253 g/mol. The zero-order chi connectivity index (χ0) is 12.4. The molecule has 7 heteroatoms. The highest BCUT2D eigenvalue weighted by atomic mass is 32.1. The Morgan fingerprint density at radius 1 is 1.53 bits per heavy atom. The van der Waals surface area contributed by atoms with E-state index in [2.05, 4.69) is 14.7 Å². The molecule has 0 spiro atoms. The molecule has 1 aromatic carbocycles. The van der Waals surface area contributed by atoms with Crippen molar-refractivity contribution >= 4 is 22.6 Å². The fourth-order valence-corrected chi connectivity index (χ4v) is 1.78. The first-order valence-electron chi connectivity index (χ1n) is 4.66. The third-order valence-corrected chi connectivity index (χ3v) is 2.67. The van der Waals surface area contributed by atoms with Gasteiger partial charge >= 0.3 is 0 Å². The Hall–Kier alpha value is -2.02. The highest BCUT2D eigenvalue weighted by molar-refractivity contribution is 7.09. The minimum Gasteiger partial charge on any atom is -0.507 e. The van der Waals surface area contributed by atoms with Crippen molar-refractivity contribution in [3.05, 3.63) is 35.4 Å². The molecule has 17 heavy (non-hydrogen) atoms. The van der Waals surface area contributed by atoms with E-state index in [0.717, 1.165) is 23.7 Å². The number of rotatable bonds is 2. The molecular formula is C10H8FN3O2S. The second-order valence-corrected chi connectivity index (χ2v) is 4.01. The van der Waals surface area contributed by atoms with E-state index in [-0.39, 0.29) is 5.56 Å². The van der Waals surface area contributed by atoms with Gasteiger partial charge < -0.3 is 5.11 Å². The number of nitrogens with one attached hydrogen (secondary N) is 1. The molecule has 1 amide bonds. The number of carbonyl (C=O) groups excluding carboxylic acids is 1. The number of halogens is 1. The van der Waals surface area contributed by atoms with E-state index in [1.807, 2.05) is 0 Å². The number of aromatic nitrogens is 2. The van der Waals surface area contributed by atoms with Crippen LogP contribution in [0.15, 0.2) is 18.2 Å². The van der Waals surface area contributed by atoms with E-state index in [1.165, 1.54) is 6.07 Å². The lowest BCUT2D eigenvalue weighted by molar-refractivity contribution is 0.102. The van der Waals surface area contributed by atoms with Crippen LogP contribution in [-0.2, 0) is 0 Å². The Kier molecular flexibility index (Phi) is 3.01. The zero-order valence-corrected chi connectivity index (χ0v) is 9.58. The predicted molar refractivity (Wildman–Crippen MR) is 60.7 cm³/mol. The Labute approximate surface area is 100 Å². The van der Waals surface area contributed by atoms with Crippen LogP contribution < -0.4 is 5.32 Å². The van der Waals surface area contributed by atoms with Crippen LogP contribution in [0.3, 0.4) is 0 Å². The molecule has 1 aromatic heterocycles. The SMILES string of the molecule is Cc1nsc(NC(=O)c2ccc(F)cc2O)n1. The molecule has 0 radical (unpaired) electrons. The van der Waals surface area contributed by atoms with E-state index in [0.29, 0.717) is 11.0 Å². The van der Waals surface area contributed by atoms with E-state index in [9.17, 15) is 14.3 Å². The summed E-state index contributed by atoms with van der Waals surface area (Å²) in [7, 11) is 0. The topological polar surface area (TPSA) is 75.1 Å². The number of hydrogen-bond donors (Lipinski definition) is 2. The molecule has 0 aliphatic heterocycles. The van der Waals surface area contributed by atoms with E-state index in [1.54, 1.807) is 6.92 Å². The zero-order valence-electron chi connectivity index (χ0n) is 8.77. The van der Waals surface area contributed by atoms with Crippen LogP contribution in [0.2, 0.25) is 0 Å². The summed E-state index contributed by atoms with van der Waals surface area (Å²) < 4.78 is 16.6. The number of phenolic OH excluding ortho intramolecular Hbond substituents is 1. The van der Waals surface area contributed by atoms with Crippen molar-refractivity contribution in [1.29, 1.82) is 0 Å². The largest absolute Gasteiger partial charge is 0.507 e. The van der Waals surface area contributed by atoms with Gasteiger partial charge in [-0.25, -0.2) is 9.37 Å². The van der Waals surface area contributed by atoms with Crippen LogP contribution in [0.25, 0.3) is 0 Å². The molecule has 0 saturated carbocycles. The fourth-order valence-electron chi connectivity index (χ4n) is 1.21. The molecule has 0 saturated heterocycles. The fraction of sp³-hybridized carbons (Fsp3) is 0.100. The van der Waals surface area contributed by atoms with Crippen molar-refractivity contribution in [2.24, 2.45) is 0 Å². The third kappa shape index (κ3) is 2.56. The van der Waals surface area contributed by atoms with Crippen molar-refractivity contribution in [2.45, 2.75) is 6.92 Å². The third-order valence-electron chi connectivity index (χ3n) is 1.95. The van der Waals surface area contributed by atoms with Crippen molar-refractivity contribution < 1.29 is 14.3 Å². The highest BCUT2D eigenvalue weighted by Crippen LogP contribution is 2.20. The number of nitrogens with zero attached hydrogens (tertiary/aromatic N) is 2. The average Bonchev–Trinajstić information content (AvgIpc) is 2.63. The molecule has 5 nitrogen and oxygen atoms in total. The summed E-state index contributed by atoms with van der Waals surface area (Å²) in [4.78, 5) is 15.6. The molecule has 0 bridgehead atoms. The Morgan fingerprint density at radius 3 is 2.88 bits per heavy atom. The van der Waals surface area contributed by atoms with Gasteiger partial charge in [0.05, 0.1) is 5.56 Å². The lowest BCUT2D eigenvalue weighted by atomic mass is 10.2. The number of aryl methyl sites for hydroxylation is 1. The summed E-state index contributed by atoms with van der Waals surface area (Å²) in [5.41, 5.74) is -0.0146. The molecule has 88 valence electrons. The van der Waals surface area contributed by atoms with Gasteiger partial charge in [0.25, 0.3) is 5.91 Å². The summed E-state index contributed by atoms with van der Waals surface area (Å²) in [6, 6.07) is 3.17. The quantitative estimate of drug-likeness (QED) is 0.857. The average molecular weight is 253 g/mol. The maximum absolute atomic E-state index is 12.7. The second kappa shape index (κ2) is 4.46. The minimum atomic E-state index is -0.606. The first-order valence-corrected chi connectivity index (χ1v) is 5.44. The number of benzene rings is 1. The summed E-state index contributed by atoms with van der Waals surface area (Å²) in [6.45, 7) is 1.70. The first kappa shape index (κ1) is 11.5. The molecule has 0 fully saturated rings. The van der Waals surface area contributed by atoms with Crippen molar-refractivity contribution in [3.63, 3.8) is 0 Å². The van der Waals surface area contributed by atoms with Gasteiger partial charge in [-0.2, -0.15) is 4.37 Å². The molecule has 2 N–H and O–H groups in total. The van der Waals surface area contributed by atoms with Gasteiger partial charge in [0.15, 0.2) is 0 Å². The number of anilines is 1. The molecule has 0 aliphatic carbocycles. The molecular weight excluding hydrogens is 245 g/mol. The summed E-state index contributed by atoms with van der Waals surface area (Å²) in [6.07, 6.45) is 0. The van der Waals surface area contributed by atoms with Gasteiger partial charge in [-0.15, -0.1) is 0 Å². The predicted octanol–water partition coefficient (Wildman–Crippen LogP) is 1.94. The molecule has 0 atom stereocenters. The van der Waals surface area contributed by atoms with E-state index < -0.39 is 17.5 Å². The maximum atomic E-state index is 12.7. The van der Waals surface area contributed by atoms with E-state index in [4.69, 9.17) is 0 Å². The standard InChI is InChI=1S/C10H8FN3O2S/c1-5-12-10(17-14-5)13-9(16)7-3-2-6(11)4-8(7)15/h2-4,15H,1H3,(H,12,13,14,16). The van der Waals surface area contributed by atoms with Crippen LogP contribution in [-0.4, -0.2) is 20.4 Å². The Morgan fingerprint density at radius 2 is 2.29 bits per heavy atom. The Balaban J connectivity index is 2.20. The smallest absolute Gasteiger partial charge is 0.261 e. The van der Waals surface area contributed by atoms with Gasteiger partial charge in [-0.05, 0) is 19.1 Å². The van der Waals surface area contributed by atoms with Crippen LogP contribution in [0.5, 0.6) is 5.75 Å². The molecule has 1 heterocycles. The van der Waals surface area contributed by atoms with Crippen molar-refractivity contribution in [1.82, 2.24) is 9.36 Å². The first-order chi connectivity index (χ1) is 8.06. The molecule has 2 rings (SSSR count). The van der Waals surface area contributed by atoms with Crippen LogP contribution in [0.4, 0.5) is 9.52 Å². The van der Waals surface area contributed by atoms with Crippen molar-refractivity contribution in [2.75, 3.05) is 5.32 Å². The van der Waals surface area contributed by atoms with Crippen LogP contribution in [0.1, 0.15) is 16.2 Å². The van der Waals surface area contributed by atoms with Gasteiger partial charge in [0, 0.05) is 17.6 Å². The Bertz CT molecular complexity index is 570. The van der Waals surface area contributed by atoms with Crippen LogP contribution in [0, 0.1) is 12.7 Å². The summed E-state index contributed by atoms with van der Waals surface area (Å²) in [5.74, 6) is -1.03. The lowest BCUT2D eigenvalue weighted by Crippen LogP contribution is -2.12. The number of aromatic hydroxyl groups is 1. The number of amides is 1. The normalized spacial score (nSPS) is 10.2. The number of hydrogen-bond acceptors (Lipinski definition) is 5. The molecule has 0 aliphatic rings. The van der Waals surface area contributed by atoms with Gasteiger partial charge in [-0.3, -0.25) is 10.1 Å². The second-order valence-electron chi connectivity index (χ2n) is 3.26. The molecule has 2 aromatic rings. The van der Waals surface area contributed by atoms with Gasteiger partial charge in [-0.1, -0.05) is 0 Å². The van der Waals surface area contributed by atoms with Gasteiger partial charge in [0.2, 0.25) is 5.13 Å².